The number of rotatable bonds is 7. The molecule has 1 aliphatic heterocycles. The number of aliphatic hydroxyl groups is 1. The molecule has 1 saturated carbocycles. The summed E-state index contributed by atoms with van der Waals surface area (Å²) in [6, 6.07) is 9.68. The summed E-state index contributed by atoms with van der Waals surface area (Å²) in [6.07, 6.45) is 5.71. The van der Waals surface area contributed by atoms with Crippen LogP contribution in [0, 0.1) is 0 Å². The molecule has 0 radical (unpaired) electrons. The molecule has 1 aromatic rings. The fourth-order valence-electron chi connectivity index (χ4n) is 4.60. The Hall–Kier alpha value is -1.48. The number of amides is 1. The Morgan fingerprint density at radius 1 is 1.17 bits per heavy atom. The number of sulfonamides is 1. The molecule has 3 rings (SSSR count). The van der Waals surface area contributed by atoms with Crippen molar-refractivity contribution in [1.82, 2.24) is 9.62 Å². The van der Waals surface area contributed by atoms with Crippen molar-refractivity contribution in [2.24, 2.45) is 0 Å². The third-order valence-corrected chi connectivity index (χ3v) is 6.87. The van der Waals surface area contributed by atoms with E-state index in [4.69, 9.17) is 4.74 Å². The normalized spacial score (nSPS) is 27.9. The van der Waals surface area contributed by atoms with Gasteiger partial charge in [0.05, 0.1) is 25.0 Å². The SMILES string of the molecule is CC(C)(O)C(=O)N1CC[C@H](NS(C)(=O)=O)[C@@H]1COC1CCC(c2ccccc2)CC1. The van der Waals surface area contributed by atoms with E-state index >= 15 is 0 Å². The second kappa shape index (κ2) is 9.34. The summed E-state index contributed by atoms with van der Waals surface area (Å²) in [6.45, 7) is 3.56. The molecule has 1 amide bonds. The Balaban J connectivity index is 1.60. The predicted molar refractivity (Wildman–Crippen MR) is 116 cm³/mol. The van der Waals surface area contributed by atoms with Gasteiger partial charge in [-0.25, -0.2) is 13.1 Å². The van der Waals surface area contributed by atoms with Gasteiger partial charge in [0.15, 0.2) is 0 Å². The van der Waals surface area contributed by atoms with Gasteiger partial charge in [0.25, 0.3) is 5.91 Å². The molecule has 2 aliphatic rings. The van der Waals surface area contributed by atoms with Crippen molar-refractivity contribution in [2.45, 2.75) is 75.7 Å². The maximum Gasteiger partial charge on any atom is 0.254 e. The summed E-state index contributed by atoms with van der Waals surface area (Å²) in [7, 11) is -3.41. The molecule has 0 unspecified atom stereocenters. The first kappa shape index (κ1) is 23.2. The Bertz CT molecular complexity index is 814. The highest BCUT2D eigenvalue weighted by Gasteiger charge is 2.43. The van der Waals surface area contributed by atoms with E-state index in [1.165, 1.54) is 19.4 Å². The summed E-state index contributed by atoms with van der Waals surface area (Å²) < 4.78 is 32.4. The molecular formula is C22H34N2O5S. The van der Waals surface area contributed by atoms with Gasteiger partial charge in [-0.2, -0.15) is 0 Å². The van der Waals surface area contributed by atoms with Crippen molar-refractivity contribution >= 4 is 15.9 Å². The van der Waals surface area contributed by atoms with Gasteiger partial charge in [0.1, 0.15) is 5.60 Å². The number of carbonyl (C=O) groups is 1. The van der Waals surface area contributed by atoms with Crippen LogP contribution in [0.15, 0.2) is 30.3 Å². The van der Waals surface area contributed by atoms with Gasteiger partial charge in [-0.1, -0.05) is 30.3 Å². The first-order valence-corrected chi connectivity index (χ1v) is 12.6. The molecule has 1 aliphatic carbocycles. The second-order valence-electron chi connectivity index (χ2n) is 9.13. The molecule has 1 heterocycles. The zero-order valence-corrected chi connectivity index (χ0v) is 18.9. The van der Waals surface area contributed by atoms with E-state index in [0.29, 0.717) is 18.9 Å². The number of ether oxygens (including phenoxy) is 1. The average Bonchev–Trinajstić information content (AvgIpc) is 3.06. The molecule has 0 spiro atoms. The van der Waals surface area contributed by atoms with Crippen LogP contribution < -0.4 is 4.72 Å². The molecule has 0 aromatic heterocycles. The number of hydrogen-bond donors (Lipinski definition) is 2. The monoisotopic (exact) mass is 438 g/mol. The zero-order chi connectivity index (χ0) is 21.9. The van der Waals surface area contributed by atoms with Crippen LogP contribution in [0.2, 0.25) is 0 Å². The number of hydrogen-bond acceptors (Lipinski definition) is 5. The number of nitrogens with one attached hydrogen (secondary N) is 1. The largest absolute Gasteiger partial charge is 0.381 e. The van der Waals surface area contributed by atoms with Crippen molar-refractivity contribution < 1.29 is 23.1 Å². The van der Waals surface area contributed by atoms with E-state index in [9.17, 15) is 18.3 Å². The van der Waals surface area contributed by atoms with Crippen LogP contribution in [-0.4, -0.2) is 67.5 Å². The van der Waals surface area contributed by atoms with E-state index in [1.54, 1.807) is 4.90 Å². The number of carbonyl (C=O) groups excluding carboxylic acids is 1. The maximum absolute atomic E-state index is 12.7. The van der Waals surface area contributed by atoms with Crippen molar-refractivity contribution in [3.8, 4) is 0 Å². The van der Waals surface area contributed by atoms with Crippen LogP contribution in [0.3, 0.4) is 0 Å². The van der Waals surface area contributed by atoms with Crippen molar-refractivity contribution in [1.29, 1.82) is 0 Å². The van der Waals surface area contributed by atoms with Gasteiger partial charge in [-0.15, -0.1) is 0 Å². The lowest BCUT2D eigenvalue weighted by molar-refractivity contribution is -0.150. The Morgan fingerprint density at radius 2 is 1.80 bits per heavy atom. The molecule has 0 bridgehead atoms. The summed E-state index contributed by atoms with van der Waals surface area (Å²) in [5, 5.41) is 10.2. The molecule has 30 heavy (non-hydrogen) atoms. The molecule has 2 atom stereocenters. The van der Waals surface area contributed by atoms with Crippen LogP contribution in [0.4, 0.5) is 0 Å². The Kier molecular flexibility index (Phi) is 7.22. The van der Waals surface area contributed by atoms with E-state index in [1.807, 2.05) is 6.07 Å². The van der Waals surface area contributed by atoms with E-state index in [0.717, 1.165) is 31.9 Å². The standard InChI is InChI=1S/C22H34N2O5S/c1-22(2,26)21(25)24-14-13-19(23-30(3,27)28)20(24)15-29-18-11-9-17(10-12-18)16-7-5-4-6-8-16/h4-8,17-20,23,26H,9-15H2,1-3H3/t17?,18?,19-,20-/m0/s1. The summed E-state index contributed by atoms with van der Waals surface area (Å²) >= 11 is 0. The van der Waals surface area contributed by atoms with Gasteiger partial charge in [0, 0.05) is 12.6 Å². The molecule has 1 saturated heterocycles. The highest BCUT2D eigenvalue weighted by molar-refractivity contribution is 7.88. The highest BCUT2D eigenvalue weighted by Crippen LogP contribution is 2.34. The smallest absolute Gasteiger partial charge is 0.254 e. The number of nitrogens with zero attached hydrogens (tertiary/aromatic N) is 1. The van der Waals surface area contributed by atoms with Crippen molar-refractivity contribution in [2.75, 3.05) is 19.4 Å². The average molecular weight is 439 g/mol. The molecule has 168 valence electrons. The van der Waals surface area contributed by atoms with Crippen LogP contribution >= 0.6 is 0 Å². The van der Waals surface area contributed by atoms with Crippen LogP contribution in [0.25, 0.3) is 0 Å². The molecule has 1 aromatic carbocycles. The summed E-state index contributed by atoms with van der Waals surface area (Å²) in [5.74, 6) is 0.145. The maximum atomic E-state index is 12.7. The van der Waals surface area contributed by atoms with E-state index in [-0.39, 0.29) is 12.7 Å². The van der Waals surface area contributed by atoms with Gasteiger partial charge >= 0.3 is 0 Å². The number of benzene rings is 1. The third-order valence-electron chi connectivity index (χ3n) is 6.14. The zero-order valence-electron chi connectivity index (χ0n) is 18.1. The van der Waals surface area contributed by atoms with Gasteiger partial charge < -0.3 is 14.7 Å². The first-order valence-electron chi connectivity index (χ1n) is 10.7. The highest BCUT2D eigenvalue weighted by atomic mass is 32.2. The minimum absolute atomic E-state index is 0.100. The first-order chi connectivity index (χ1) is 14.0. The molecule has 2 N–H and O–H groups in total. The lowest BCUT2D eigenvalue weighted by Crippen LogP contribution is -2.53. The van der Waals surface area contributed by atoms with Gasteiger partial charge in [0.2, 0.25) is 10.0 Å². The minimum atomic E-state index is -3.41. The molecule has 2 fully saturated rings. The molecule has 8 heteroatoms. The third kappa shape index (κ3) is 6.03. The predicted octanol–water partition coefficient (Wildman–Crippen LogP) is 2.02. The molecular weight excluding hydrogens is 404 g/mol. The van der Waals surface area contributed by atoms with Gasteiger partial charge in [-0.05, 0) is 57.4 Å². The van der Waals surface area contributed by atoms with Crippen LogP contribution in [0.5, 0.6) is 0 Å². The Labute approximate surface area is 179 Å². The topological polar surface area (TPSA) is 95.9 Å². The van der Waals surface area contributed by atoms with Gasteiger partial charge in [-0.3, -0.25) is 4.79 Å². The van der Waals surface area contributed by atoms with Crippen LogP contribution in [0.1, 0.15) is 57.4 Å². The van der Waals surface area contributed by atoms with Crippen LogP contribution in [-0.2, 0) is 19.6 Å². The van der Waals surface area contributed by atoms with Crippen molar-refractivity contribution in [3.05, 3.63) is 35.9 Å². The Morgan fingerprint density at radius 3 is 2.37 bits per heavy atom. The quantitative estimate of drug-likeness (QED) is 0.679. The van der Waals surface area contributed by atoms with E-state index in [2.05, 4.69) is 29.0 Å². The lowest BCUT2D eigenvalue weighted by atomic mass is 9.83. The second-order valence-corrected chi connectivity index (χ2v) is 10.9. The summed E-state index contributed by atoms with van der Waals surface area (Å²) in [5.41, 5.74) is -0.141. The summed E-state index contributed by atoms with van der Waals surface area (Å²) in [4.78, 5) is 14.3. The molecule has 7 nitrogen and oxygen atoms in total. The van der Waals surface area contributed by atoms with Crippen molar-refractivity contribution in [3.63, 3.8) is 0 Å². The number of likely N-dealkylation sites (tertiary alicyclic amines) is 1. The minimum Gasteiger partial charge on any atom is -0.381 e. The lowest BCUT2D eigenvalue weighted by Gasteiger charge is -2.34. The fourth-order valence-corrected chi connectivity index (χ4v) is 5.42. The van der Waals surface area contributed by atoms with E-state index < -0.39 is 33.6 Å². The fraction of sp³-hybridized carbons (Fsp3) is 0.682.